The molecule has 0 aromatic heterocycles. The van der Waals surface area contributed by atoms with Gasteiger partial charge >= 0.3 is 0 Å². The molecule has 2 aliphatic heterocycles. The fourth-order valence-electron chi connectivity index (χ4n) is 3.05. The molecule has 2 rings (SSSR count). The largest absolute Gasteiger partial charge is 0.392 e. The summed E-state index contributed by atoms with van der Waals surface area (Å²) in [4.78, 5) is 2.56. The van der Waals surface area contributed by atoms with Gasteiger partial charge in [-0.3, -0.25) is 0 Å². The predicted molar refractivity (Wildman–Crippen MR) is 66.4 cm³/mol. The highest BCUT2D eigenvalue weighted by Crippen LogP contribution is 2.24. The Hall–Kier alpha value is -0.120. The molecule has 16 heavy (non-hydrogen) atoms. The van der Waals surface area contributed by atoms with Crippen molar-refractivity contribution in [2.75, 3.05) is 26.2 Å². The predicted octanol–water partition coefficient (Wildman–Crippen LogP) is 1.08. The molecule has 2 N–H and O–H groups in total. The third-order valence-corrected chi connectivity index (χ3v) is 4.25. The smallest absolute Gasteiger partial charge is 0.0680 e. The summed E-state index contributed by atoms with van der Waals surface area (Å²) >= 11 is 0. The molecular weight excluding hydrogens is 200 g/mol. The fraction of sp³-hybridized carbons (Fsp3) is 1.00. The Morgan fingerprint density at radius 2 is 2.00 bits per heavy atom. The van der Waals surface area contributed by atoms with Gasteiger partial charge in [0.15, 0.2) is 0 Å². The van der Waals surface area contributed by atoms with Crippen LogP contribution in [0.5, 0.6) is 0 Å². The second-order valence-corrected chi connectivity index (χ2v) is 5.88. The van der Waals surface area contributed by atoms with E-state index in [9.17, 15) is 5.11 Å². The van der Waals surface area contributed by atoms with Gasteiger partial charge in [0.05, 0.1) is 6.10 Å². The first-order valence-corrected chi connectivity index (χ1v) is 6.79. The van der Waals surface area contributed by atoms with Gasteiger partial charge in [-0.2, -0.15) is 0 Å². The average molecular weight is 226 g/mol. The monoisotopic (exact) mass is 226 g/mol. The van der Waals surface area contributed by atoms with Crippen molar-refractivity contribution < 1.29 is 5.11 Å². The van der Waals surface area contributed by atoms with Crippen molar-refractivity contribution in [2.45, 2.75) is 45.3 Å². The maximum absolute atomic E-state index is 9.46. The first kappa shape index (κ1) is 12.3. The lowest BCUT2D eigenvalue weighted by Crippen LogP contribution is -2.42. The maximum atomic E-state index is 9.46. The van der Waals surface area contributed by atoms with E-state index in [1.807, 2.05) is 0 Å². The molecule has 94 valence electrons. The highest BCUT2D eigenvalue weighted by Gasteiger charge is 2.27. The van der Waals surface area contributed by atoms with Crippen LogP contribution < -0.4 is 5.32 Å². The van der Waals surface area contributed by atoms with Crippen LogP contribution in [-0.2, 0) is 0 Å². The van der Waals surface area contributed by atoms with Crippen LogP contribution >= 0.6 is 0 Å². The van der Waals surface area contributed by atoms with Crippen LogP contribution in [0.25, 0.3) is 0 Å². The Labute approximate surface area is 99.2 Å². The first-order valence-electron chi connectivity index (χ1n) is 6.79. The molecule has 3 nitrogen and oxygen atoms in total. The molecule has 0 spiro atoms. The highest BCUT2D eigenvalue weighted by atomic mass is 16.3. The summed E-state index contributed by atoms with van der Waals surface area (Å²) in [6.45, 7) is 9.09. The molecule has 3 heteroatoms. The van der Waals surface area contributed by atoms with Gasteiger partial charge in [0, 0.05) is 19.1 Å². The van der Waals surface area contributed by atoms with Crippen LogP contribution in [0, 0.1) is 11.8 Å². The standard InChI is InChI=1S/C13H26N2O/c1-10(2)11-3-5-15(6-4-11)9-12-7-13(16)8-14-12/h10-14,16H,3-9H2,1-2H3. The van der Waals surface area contributed by atoms with E-state index in [1.165, 1.54) is 25.9 Å². The van der Waals surface area contributed by atoms with Crippen LogP contribution in [0.2, 0.25) is 0 Å². The molecule has 0 amide bonds. The van der Waals surface area contributed by atoms with Crippen molar-refractivity contribution in [1.82, 2.24) is 10.2 Å². The summed E-state index contributed by atoms with van der Waals surface area (Å²) in [5.74, 6) is 1.77. The van der Waals surface area contributed by atoms with Gasteiger partial charge in [-0.05, 0) is 44.2 Å². The number of aliphatic hydroxyl groups is 1. The highest BCUT2D eigenvalue weighted by molar-refractivity contribution is 4.85. The number of nitrogens with zero attached hydrogens (tertiary/aromatic N) is 1. The van der Waals surface area contributed by atoms with Crippen molar-refractivity contribution >= 4 is 0 Å². The minimum atomic E-state index is -0.113. The Bertz CT molecular complexity index is 212. The lowest BCUT2D eigenvalue weighted by Gasteiger charge is -2.35. The summed E-state index contributed by atoms with van der Waals surface area (Å²) in [5, 5.41) is 12.9. The van der Waals surface area contributed by atoms with E-state index in [1.54, 1.807) is 0 Å². The van der Waals surface area contributed by atoms with E-state index in [2.05, 4.69) is 24.1 Å². The Balaban J connectivity index is 1.69. The van der Waals surface area contributed by atoms with E-state index in [-0.39, 0.29) is 6.10 Å². The number of hydrogen-bond acceptors (Lipinski definition) is 3. The molecule has 2 aliphatic rings. The van der Waals surface area contributed by atoms with Crippen LogP contribution in [0.3, 0.4) is 0 Å². The molecule has 2 fully saturated rings. The molecule has 0 bridgehead atoms. The third-order valence-electron chi connectivity index (χ3n) is 4.25. The molecule has 0 radical (unpaired) electrons. The summed E-state index contributed by atoms with van der Waals surface area (Å²) in [6.07, 6.45) is 3.53. The van der Waals surface area contributed by atoms with Crippen molar-refractivity contribution in [3.05, 3.63) is 0 Å². The molecule has 0 aromatic carbocycles. The van der Waals surface area contributed by atoms with Crippen LogP contribution in [-0.4, -0.2) is 48.3 Å². The van der Waals surface area contributed by atoms with Crippen LogP contribution in [0.1, 0.15) is 33.1 Å². The van der Waals surface area contributed by atoms with E-state index >= 15 is 0 Å². The molecule has 0 saturated carbocycles. The zero-order valence-corrected chi connectivity index (χ0v) is 10.7. The minimum Gasteiger partial charge on any atom is -0.392 e. The number of aliphatic hydroxyl groups excluding tert-OH is 1. The summed E-state index contributed by atoms with van der Waals surface area (Å²) < 4.78 is 0. The third kappa shape index (κ3) is 3.19. The molecule has 2 unspecified atom stereocenters. The van der Waals surface area contributed by atoms with Gasteiger partial charge in [-0.1, -0.05) is 13.8 Å². The molecule has 2 atom stereocenters. The van der Waals surface area contributed by atoms with E-state index in [0.29, 0.717) is 6.04 Å². The molecule has 0 aliphatic carbocycles. The molecule has 2 saturated heterocycles. The van der Waals surface area contributed by atoms with Gasteiger partial charge in [-0.25, -0.2) is 0 Å². The second kappa shape index (κ2) is 5.48. The normalized spacial score (nSPS) is 33.8. The Morgan fingerprint density at radius 3 is 2.50 bits per heavy atom. The average Bonchev–Trinajstić information content (AvgIpc) is 2.65. The Morgan fingerprint density at radius 1 is 1.31 bits per heavy atom. The summed E-state index contributed by atoms with van der Waals surface area (Å²) in [6, 6.07) is 0.519. The van der Waals surface area contributed by atoms with Gasteiger partial charge in [0.1, 0.15) is 0 Å². The SMILES string of the molecule is CC(C)C1CCN(CC2CC(O)CN2)CC1. The zero-order chi connectivity index (χ0) is 11.5. The molecule has 2 heterocycles. The number of likely N-dealkylation sites (tertiary alicyclic amines) is 1. The topological polar surface area (TPSA) is 35.5 Å². The zero-order valence-electron chi connectivity index (χ0n) is 10.7. The van der Waals surface area contributed by atoms with E-state index in [0.717, 1.165) is 31.3 Å². The van der Waals surface area contributed by atoms with Crippen molar-refractivity contribution in [3.8, 4) is 0 Å². The van der Waals surface area contributed by atoms with Gasteiger partial charge in [0.2, 0.25) is 0 Å². The number of nitrogens with one attached hydrogen (secondary N) is 1. The summed E-state index contributed by atoms with van der Waals surface area (Å²) in [7, 11) is 0. The minimum absolute atomic E-state index is 0.113. The molecule has 0 aromatic rings. The summed E-state index contributed by atoms with van der Waals surface area (Å²) in [5.41, 5.74) is 0. The van der Waals surface area contributed by atoms with Crippen LogP contribution in [0.15, 0.2) is 0 Å². The van der Waals surface area contributed by atoms with Crippen LogP contribution in [0.4, 0.5) is 0 Å². The van der Waals surface area contributed by atoms with E-state index in [4.69, 9.17) is 0 Å². The molecular formula is C13H26N2O. The second-order valence-electron chi connectivity index (χ2n) is 5.88. The van der Waals surface area contributed by atoms with Gasteiger partial charge in [-0.15, -0.1) is 0 Å². The number of rotatable bonds is 3. The first-order chi connectivity index (χ1) is 7.65. The quantitative estimate of drug-likeness (QED) is 0.756. The Kier molecular flexibility index (Phi) is 4.22. The lowest BCUT2D eigenvalue weighted by atomic mass is 9.86. The van der Waals surface area contributed by atoms with Crippen molar-refractivity contribution in [3.63, 3.8) is 0 Å². The van der Waals surface area contributed by atoms with E-state index < -0.39 is 0 Å². The number of hydrogen-bond donors (Lipinski definition) is 2. The van der Waals surface area contributed by atoms with Crippen molar-refractivity contribution in [2.24, 2.45) is 11.8 Å². The number of β-amino-alcohol motifs (C(OH)–C–C–N with tert-alkyl or cyclic N) is 1. The lowest BCUT2D eigenvalue weighted by molar-refractivity contribution is 0.143. The number of piperidine rings is 1. The maximum Gasteiger partial charge on any atom is 0.0680 e. The van der Waals surface area contributed by atoms with Crippen molar-refractivity contribution in [1.29, 1.82) is 0 Å². The van der Waals surface area contributed by atoms with Gasteiger partial charge < -0.3 is 15.3 Å². The fourth-order valence-corrected chi connectivity index (χ4v) is 3.05. The van der Waals surface area contributed by atoms with Gasteiger partial charge in [0.25, 0.3) is 0 Å².